The molecule has 0 aromatic heterocycles. The van der Waals surface area contributed by atoms with Crippen molar-refractivity contribution in [2.75, 3.05) is 13.1 Å². The zero-order chi connectivity index (χ0) is 14.4. The molecule has 1 aliphatic carbocycles. The van der Waals surface area contributed by atoms with Crippen molar-refractivity contribution in [3.8, 4) is 0 Å². The molecular formula is C15H20N2O3. The molecule has 1 fully saturated rings. The molecule has 3 N–H and O–H groups in total. The number of carbonyl (C=O) groups excluding carboxylic acids is 2. The van der Waals surface area contributed by atoms with Crippen LogP contribution in [0.15, 0.2) is 30.3 Å². The van der Waals surface area contributed by atoms with E-state index < -0.39 is 6.10 Å². The molecule has 20 heavy (non-hydrogen) atoms. The molecule has 0 bridgehead atoms. The first-order valence-corrected chi connectivity index (χ1v) is 6.95. The Morgan fingerprint density at radius 1 is 1.20 bits per heavy atom. The third kappa shape index (κ3) is 4.66. The van der Waals surface area contributed by atoms with Crippen LogP contribution in [-0.4, -0.2) is 36.1 Å². The summed E-state index contributed by atoms with van der Waals surface area (Å²) in [6.07, 6.45) is 1.88. The number of nitrogens with one attached hydrogen (secondary N) is 2. The lowest BCUT2D eigenvalue weighted by atomic mass is 10.2. The molecular weight excluding hydrogens is 256 g/mol. The lowest BCUT2D eigenvalue weighted by Gasteiger charge is -2.10. The predicted octanol–water partition coefficient (Wildman–Crippen LogP) is 0.694. The van der Waals surface area contributed by atoms with E-state index in [0.717, 1.165) is 12.8 Å². The highest BCUT2D eigenvalue weighted by Crippen LogP contribution is 2.32. The van der Waals surface area contributed by atoms with Gasteiger partial charge >= 0.3 is 0 Å². The molecule has 2 rings (SSSR count). The Hall–Kier alpha value is -1.88. The van der Waals surface area contributed by atoms with Gasteiger partial charge in [-0.15, -0.1) is 0 Å². The second-order valence-electron chi connectivity index (χ2n) is 5.08. The number of aliphatic hydroxyl groups excluding tert-OH is 1. The first kappa shape index (κ1) is 14.5. The summed E-state index contributed by atoms with van der Waals surface area (Å²) in [5.41, 5.74) is 0.581. The number of hydrogen-bond acceptors (Lipinski definition) is 3. The highest BCUT2D eigenvalue weighted by Gasteiger charge is 2.29. The van der Waals surface area contributed by atoms with Crippen molar-refractivity contribution >= 4 is 11.8 Å². The van der Waals surface area contributed by atoms with Gasteiger partial charge in [0.05, 0.1) is 6.10 Å². The van der Waals surface area contributed by atoms with E-state index in [1.807, 2.05) is 6.07 Å². The normalized spacial score (nSPS) is 15.4. The van der Waals surface area contributed by atoms with Crippen LogP contribution in [0.1, 0.15) is 29.6 Å². The summed E-state index contributed by atoms with van der Waals surface area (Å²) in [5.74, 6) is 0.0163. The van der Waals surface area contributed by atoms with Gasteiger partial charge in [-0.2, -0.15) is 0 Å². The van der Waals surface area contributed by atoms with E-state index in [9.17, 15) is 14.7 Å². The molecule has 108 valence electrons. The maximum absolute atomic E-state index is 11.7. The fraction of sp³-hybridized carbons (Fsp3) is 0.467. The maximum atomic E-state index is 11.7. The average molecular weight is 276 g/mol. The average Bonchev–Trinajstić information content (AvgIpc) is 3.30. The lowest BCUT2D eigenvalue weighted by Crippen LogP contribution is -2.35. The van der Waals surface area contributed by atoms with Gasteiger partial charge in [-0.05, 0) is 30.9 Å². The Balaban J connectivity index is 1.60. The number of benzene rings is 1. The zero-order valence-electron chi connectivity index (χ0n) is 11.3. The standard InChI is InChI=1S/C15H20N2O3/c18-13(11-6-7-11)10-17-14(19)8-9-16-15(20)12-4-2-1-3-5-12/h1-5,11,13,18H,6-10H2,(H,16,20)(H,17,19). The third-order valence-electron chi connectivity index (χ3n) is 3.35. The third-order valence-corrected chi connectivity index (χ3v) is 3.35. The Morgan fingerprint density at radius 2 is 1.90 bits per heavy atom. The minimum Gasteiger partial charge on any atom is -0.391 e. The van der Waals surface area contributed by atoms with Gasteiger partial charge in [-0.25, -0.2) is 0 Å². The van der Waals surface area contributed by atoms with Gasteiger partial charge in [0.1, 0.15) is 0 Å². The number of hydrogen-bond donors (Lipinski definition) is 3. The van der Waals surface area contributed by atoms with Crippen LogP contribution in [0.3, 0.4) is 0 Å². The van der Waals surface area contributed by atoms with Crippen LogP contribution in [0.2, 0.25) is 0 Å². The minimum absolute atomic E-state index is 0.155. The Morgan fingerprint density at radius 3 is 2.55 bits per heavy atom. The van der Waals surface area contributed by atoms with Crippen LogP contribution in [0.25, 0.3) is 0 Å². The fourth-order valence-electron chi connectivity index (χ4n) is 1.94. The van der Waals surface area contributed by atoms with Gasteiger partial charge in [0.2, 0.25) is 5.91 Å². The van der Waals surface area contributed by atoms with E-state index in [0.29, 0.717) is 24.6 Å². The fourth-order valence-corrected chi connectivity index (χ4v) is 1.94. The Bertz CT molecular complexity index is 457. The van der Waals surface area contributed by atoms with Crippen molar-refractivity contribution in [3.63, 3.8) is 0 Å². The lowest BCUT2D eigenvalue weighted by molar-refractivity contribution is -0.121. The van der Waals surface area contributed by atoms with Crippen molar-refractivity contribution in [1.29, 1.82) is 0 Å². The van der Waals surface area contributed by atoms with Gasteiger partial charge in [-0.1, -0.05) is 18.2 Å². The van der Waals surface area contributed by atoms with Gasteiger partial charge in [-0.3, -0.25) is 9.59 Å². The van der Waals surface area contributed by atoms with Crippen LogP contribution >= 0.6 is 0 Å². The molecule has 1 atom stereocenters. The predicted molar refractivity (Wildman–Crippen MR) is 75.1 cm³/mol. The van der Waals surface area contributed by atoms with Crippen molar-refractivity contribution in [3.05, 3.63) is 35.9 Å². The summed E-state index contributed by atoms with van der Waals surface area (Å²) in [4.78, 5) is 23.2. The molecule has 0 spiro atoms. The summed E-state index contributed by atoms with van der Waals surface area (Å²) in [7, 11) is 0. The highest BCUT2D eigenvalue weighted by atomic mass is 16.3. The molecule has 1 unspecified atom stereocenters. The largest absolute Gasteiger partial charge is 0.391 e. The van der Waals surface area contributed by atoms with Gasteiger partial charge in [0.25, 0.3) is 5.91 Å². The molecule has 0 radical (unpaired) electrons. The number of carbonyl (C=O) groups is 2. The molecule has 5 heteroatoms. The smallest absolute Gasteiger partial charge is 0.251 e. The molecule has 1 aliphatic rings. The molecule has 0 heterocycles. The summed E-state index contributed by atoms with van der Waals surface area (Å²) in [6, 6.07) is 8.87. The molecule has 0 aliphatic heterocycles. The van der Waals surface area contributed by atoms with Gasteiger partial charge in [0, 0.05) is 25.1 Å². The second-order valence-corrected chi connectivity index (χ2v) is 5.08. The van der Waals surface area contributed by atoms with Crippen molar-refractivity contribution in [2.45, 2.75) is 25.4 Å². The van der Waals surface area contributed by atoms with E-state index in [1.165, 1.54) is 0 Å². The van der Waals surface area contributed by atoms with E-state index in [2.05, 4.69) is 10.6 Å². The van der Waals surface area contributed by atoms with Crippen molar-refractivity contribution in [2.24, 2.45) is 5.92 Å². The van der Waals surface area contributed by atoms with Gasteiger partial charge in [0.15, 0.2) is 0 Å². The highest BCUT2D eigenvalue weighted by molar-refractivity contribution is 5.94. The summed E-state index contributed by atoms with van der Waals surface area (Å²) >= 11 is 0. The minimum atomic E-state index is -0.433. The first-order valence-electron chi connectivity index (χ1n) is 6.95. The van der Waals surface area contributed by atoms with Crippen LogP contribution in [0, 0.1) is 5.92 Å². The summed E-state index contributed by atoms with van der Waals surface area (Å²) < 4.78 is 0. The quantitative estimate of drug-likeness (QED) is 0.686. The number of rotatable bonds is 7. The van der Waals surface area contributed by atoms with Crippen LogP contribution in [0.5, 0.6) is 0 Å². The molecule has 1 aromatic rings. The van der Waals surface area contributed by atoms with Crippen molar-refractivity contribution in [1.82, 2.24) is 10.6 Å². The molecule has 5 nitrogen and oxygen atoms in total. The van der Waals surface area contributed by atoms with Crippen LogP contribution < -0.4 is 10.6 Å². The SMILES string of the molecule is O=C(CCNC(=O)c1ccccc1)NCC(O)C1CC1. The molecule has 2 amide bonds. The van der Waals surface area contributed by atoms with E-state index in [1.54, 1.807) is 24.3 Å². The number of amides is 2. The Labute approximate surface area is 118 Å². The molecule has 0 saturated heterocycles. The Kier molecular flexibility index (Phi) is 5.12. The zero-order valence-corrected chi connectivity index (χ0v) is 11.3. The van der Waals surface area contributed by atoms with E-state index in [-0.39, 0.29) is 18.2 Å². The van der Waals surface area contributed by atoms with Crippen LogP contribution in [0.4, 0.5) is 0 Å². The summed E-state index contributed by atoms with van der Waals surface area (Å²) in [5, 5.41) is 15.0. The summed E-state index contributed by atoms with van der Waals surface area (Å²) in [6.45, 7) is 0.592. The van der Waals surface area contributed by atoms with Crippen molar-refractivity contribution < 1.29 is 14.7 Å². The van der Waals surface area contributed by atoms with Crippen LogP contribution in [-0.2, 0) is 4.79 Å². The number of aliphatic hydroxyl groups is 1. The monoisotopic (exact) mass is 276 g/mol. The van der Waals surface area contributed by atoms with Gasteiger partial charge < -0.3 is 15.7 Å². The van der Waals surface area contributed by atoms with E-state index >= 15 is 0 Å². The second kappa shape index (κ2) is 7.05. The van der Waals surface area contributed by atoms with E-state index in [4.69, 9.17) is 0 Å². The maximum Gasteiger partial charge on any atom is 0.251 e. The molecule has 1 saturated carbocycles. The molecule has 1 aromatic carbocycles. The topological polar surface area (TPSA) is 78.4 Å². The first-order chi connectivity index (χ1) is 9.66.